The summed E-state index contributed by atoms with van der Waals surface area (Å²) in [5.74, 6) is 1.27. The Morgan fingerprint density at radius 1 is 0.812 bits per heavy atom. The molecule has 0 radical (unpaired) electrons. The molecule has 2 aromatic rings. The van der Waals surface area contributed by atoms with Gasteiger partial charge in [-0.2, -0.15) is 0 Å². The maximum absolute atomic E-state index is 12.4. The lowest BCUT2D eigenvalue weighted by Crippen LogP contribution is -2.40. The molecule has 0 saturated heterocycles. The Morgan fingerprint density at radius 2 is 1.44 bits per heavy atom. The lowest BCUT2D eigenvalue weighted by atomic mass is 10.1. The fourth-order valence-corrected chi connectivity index (χ4v) is 2.76. The zero-order valence-electron chi connectivity index (χ0n) is 19.0. The fourth-order valence-electron chi connectivity index (χ4n) is 2.76. The number of hydrazine groups is 1. The van der Waals surface area contributed by atoms with Crippen LogP contribution in [0.15, 0.2) is 36.4 Å². The second kappa shape index (κ2) is 11.5. The number of rotatable bonds is 9. The first kappa shape index (κ1) is 24.4. The van der Waals surface area contributed by atoms with E-state index in [-0.39, 0.29) is 6.10 Å². The van der Waals surface area contributed by atoms with E-state index in [9.17, 15) is 9.59 Å². The Balaban J connectivity index is 2.04. The summed E-state index contributed by atoms with van der Waals surface area (Å²) in [7, 11) is 6.00. The number of carbonyl (C=O) groups excluding carboxylic acids is 2. The van der Waals surface area contributed by atoms with Gasteiger partial charge in [0, 0.05) is 11.6 Å². The van der Waals surface area contributed by atoms with Crippen LogP contribution in [0.25, 0.3) is 6.08 Å². The van der Waals surface area contributed by atoms with Gasteiger partial charge in [-0.25, -0.2) is 0 Å². The highest BCUT2D eigenvalue weighted by atomic mass is 16.5. The summed E-state index contributed by atoms with van der Waals surface area (Å²) >= 11 is 0. The summed E-state index contributed by atoms with van der Waals surface area (Å²) in [6.45, 7) is 3.78. The summed E-state index contributed by atoms with van der Waals surface area (Å²) in [5, 5.41) is 0. The molecule has 0 saturated carbocycles. The summed E-state index contributed by atoms with van der Waals surface area (Å²) < 4.78 is 26.7. The van der Waals surface area contributed by atoms with Crippen molar-refractivity contribution in [1.29, 1.82) is 0 Å². The van der Waals surface area contributed by atoms with E-state index in [1.54, 1.807) is 30.3 Å². The van der Waals surface area contributed by atoms with Crippen LogP contribution in [0.5, 0.6) is 28.7 Å². The minimum atomic E-state index is -0.529. The molecule has 9 nitrogen and oxygen atoms in total. The largest absolute Gasteiger partial charge is 0.493 e. The highest BCUT2D eigenvalue weighted by molar-refractivity contribution is 5.98. The van der Waals surface area contributed by atoms with Crippen LogP contribution < -0.4 is 34.5 Å². The predicted octanol–water partition coefficient (Wildman–Crippen LogP) is 2.98. The molecule has 0 bridgehead atoms. The second-order valence-corrected chi connectivity index (χ2v) is 6.77. The van der Waals surface area contributed by atoms with Gasteiger partial charge in [0.15, 0.2) is 23.0 Å². The molecule has 0 unspecified atom stereocenters. The fraction of sp³-hybridized carbons (Fsp3) is 0.304. The van der Waals surface area contributed by atoms with E-state index in [1.165, 1.54) is 40.6 Å². The molecule has 0 aromatic heterocycles. The van der Waals surface area contributed by atoms with Gasteiger partial charge in [-0.3, -0.25) is 20.4 Å². The van der Waals surface area contributed by atoms with E-state index >= 15 is 0 Å². The van der Waals surface area contributed by atoms with Crippen LogP contribution in [0.1, 0.15) is 29.8 Å². The number of amides is 2. The number of benzene rings is 2. The van der Waals surface area contributed by atoms with Gasteiger partial charge < -0.3 is 23.7 Å². The molecule has 2 aromatic carbocycles. The zero-order chi connectivity index (χ0) is 23.7. The summed E-state index contributed by atoms with van der Waals surface area (Å²) in [6, 6.07) is 8.13. The molecule has 9 heteroatoms. The number of nitrogens with one attached hydrogen (secondary N) is 2. The smallest absolute Gasteiger partial charge is 0.269 e. The van der Waals surface area contributed by atoms with Crippen molar-refractivity contribution < 1.29 is 33.3 Å². The third-order valence-electron chi connectivity index (χ3n) is 4.20. The van der Waals surface area contributed by atoms with Crippen LogP contribution >= 0.6 is 0 Å². The summed E-state index contributed by atoms with van der Waals surface area (Å²) in [5.41, 5.74) is 5.63. The quantitative estimate of drug-likeness (QED) is 0.453. The number of ether oxygens (including phenoxy) is 5. The Labute approximate surface area is 187 Å². The Bertz CT molecular complexity index is 961. The SMILES string of the molecule is COc1cc(C(=O)NNC(=O)/C=C/c2cc(OC)c(OC)c(OC)c2)ccc1OC(C)C. The van der Waals surface area contributed by atoms with Crippen molar-refractivity contribution in [3.05, 3.63) is 47.5 Å². The molecule has 172 valence electrons. The van der Waals surface area contributed by atoms with Gasteiger partial charge in [0.2, 0.25) is 5.75 Å². The van der Waals surface area contributed by atoms with Crippen molar-refractivity contribution in [2.75, 3.05) is 28.4 Å². The third kappa shape index (κ3) is 6.31. The molecular formula is C23H28N2O7. The Morgan fingerprint density at radius 3 is 1.97 bits per heavy atom. The van der Waals surface area contributed by atoms with Crippen LogP contribution in [-0.2, 0) is 4.79 Å². The predicted molar refractivity (Wildman–Crippen MR) is 119 cm³/mol. The molecule has 0 aliphatic carbocycles. The molecule has 0 spiro atoms. The molecule has 32 heavy (non-hydrogen) atoms. The van der Waals surface area contributed by atoms with Crippen molar-refractivity contribution >= 4 is 17.9 Å². The monoisotopic (exact) mass is 444 g/mol. The van der Waals surface area contributed by atoms with Crippen molar-refractivity contribution in [3.63, 3.8) is 0 Å². The van der Waals surface area contributed by atoms with Crippen molar-refractivity contribution in [2.45, 2.75) is 20.0 Å². The summed E-state index contributed by atoms with van der Waals surface area (Å²) in [4.78, 5) is 24.5. The van der Waals surface area contributed by atoms with E-state index < -0.39 is 11.8 Å². The lowest BCUT2D eigenvalue weighted by Gasteiger charge is -2.14. The minimum Gasteiger partial charge on any atom is -0.493 e. The molecule has 0 aliphatic rings. The average Bonchev–Trinajstić information content (AvgIpc) is 2.80. The van der Waals surface area contributed by atoms with E-state index in [1.807, 2.05) is 13.8 Å². The first-order chi connectivity index (χ1) is 15.3. The normalized spacial score (nSPS) is 10.6. The number of methoxy groups -OCH3 is 4. The lowest BCUT2D eigenvalue weighted by molar-refractivity contribution is -0.117. The van der Waals surface area contributed by atoms with Gasteiger partial charge in [-0.15, -0.1) is 0 Å². The Hall–Kier alpha value is -3.88. The molecule has 0 aliphatic heterocycles. The van der Waals surface area contributed by atoms with Crippen LogP contribution in [-0.4, -0.2) is 46.4 Å². The maximum atomic E-state index is 12.4. The molecule has 0 atom stereocenters. The van der Waals surface area contributed by atoms with Crippen molar-refractivity contribution in [2.24, 2.45) is 0 Å². The number of hydrogen-bond acceptors (Lipinski definition) is 7. The van der Waals surface area contributed by atoms with Crippen LogP contribution in [0.3, 0.4) is 0 Å². The van der Waals surface area contributed by atoms with E-state index in [4.69, 9.17) is 23.7 Å². The second-order valence-electron chi connectivity index (χ2n) is 6.77. The van der Waals surface area contributed by atoms with Crippen LogP contribution in [0.2, 0.25) is 0 Å². The van der Waals surface area contributed by atoms with Gasteiger partial charge in [0.05, 0.1) is 34.5 Å². The first-order valence-electron chi connectivity index (χ1n) is 9.76. The summed E-state index contributed by atoms with van der Waals surface area (Å²) in [6.07, 6.45) is 2.77. The zero-order valence-corrected chi connectivity index (χ0v) is 19.0. The van der Waals surface area contributed by atoms with Gasteiger partial charge in [-0.05, 0) is 55.8 Å². The van der Waals surface area contributed by atoms with Crippen LogP contribution in [0.4, 0.5) is 0 Å². The topological polar surface area (TPSA) is 104 Å². The maximum Gasteiger partial charge on any atom is 0.269 e. The van der Waals surface area contributed by atoms with Gasteiger partial charge in [0.1, 0.15) is 0 Å². The first-order valence-corrected chi connectivity index (χ1v) is 9.76. The standard InChI is InChI=1S/C23H28N2O7/c1-14(2)32-17-9-8-16(13-18(17)28-3)23(27)25-24-21(26)10-7-15-11-19(29-4)22(31-6)20(12-15)30-5/h7-14H,1-6H3,(H,24,26)(H,25,27)/b10-7+. The molecule has 0 fully saturated rings. The van der Waals surface area contributed by atoms with Crippen molar-refractivity contribution in [1.82, 2.24) is 10.9 Å². The van der Waals surface area contributed by atoms with E-state index in [2.05, 4.69) is 10.9 Å². The Kier molecular flexibility index (Phi) is 8.76. The molecule has 0 heterocycles. The van der Waals surface area contributed by atoms with E-state index in [0.717, 1.165) is 0 Å². The third-order valence-corrected chi connectivity index (χ3v) is 4.20. The van der Waals surface area contributed by atoms with Crippen molar-refractivity contribution in [3.8, 4) is 28.7 Å². The molecule has 2 rings (SSSR count). The molecular weight excluding hydrogens is 416 g/mol. The van der Waals surface area contributed by atoms with Gasteiger partial charge in [0.25, 0.3) is 11.8 Å². The number of hydrogen-bond donors (Lipinski definition) is 2. The minimum absolute atomic E-state index is 0.0414. The van der Waals surface area contributed by atoms with Crippen LogP contribution in [0, 0.1) is 0 Å². The average molecular weight is 444 g/mol. The van der Waals surface area contributed by atoms with Gasteiger partial charge in [-0.1, -0.05) is 0 Å². The molecule has 2 amide bonds. The highest BCUT2D eigenvalue weighted by Gasteiger charge is 2.14. The van der Waals surface area contributed by atoms with E-state index in [0.29, 0.717) is 39.9 Å². The van der Waals surface area contributed by atoms with Gasteiger partial charge >= 0.3 is 0 Å². The highest BCUT2D eigenvalue weighted by Crippen LogP contribution is 2.38. The number of carbonyl (C=O) groups is 2. The molecule has 2 N–H and O–H groups in total.